The Morgan fingerprint density at radius 2 is 1.41 bits per heavy atom. The van der Waals surface area contributed by atoms with E-state index in [-0.39, 0.29) is 5.82 Å². The summed E-state index contributed by atoms with van der Waals surface area (Å²) in [5.41, 5.74) is 4.40. The van der Waals surface area contributed by atoms with Gasteiger partial charge in [-0.05, 0) is 40.4 Å². The molecule has 0 aliphatic rings. The summed E-state index contributed by atoms with van der Waals surface area (Å²) in [7, 11) is 0. The van der Waals surface area contributed by atoms with Crippen molar-refractivity contribution in [1.29, 1.82) is 0 Å². The van der Waals surface area contributed by atoms with Gasteiger partial charge in [0.1, 0.15) is 24.0 Å². The molecule has 0 N–H and O–H groups in total. The average molecular weight is 597 g/mol. The van der Waals surface area contributed by atoms with Crippen LogP contribution in [0.5, 0.6) is 0 Å². The zero-order valence-corrected chi connectivity index (χ0v) is 23.5. The minimum absolute atomic E-state index is 0.224. The first-order valence-electron chi connectivity index (χ1n) is 12.4. The lowest BCUT2D eigenvalue weighted by Crippen LogP contribution is -2.42. The molecule has 0 spiro atoms. The minimum atomic E-state index is -5.19. The number of aromatic nitrogens is 2. The second-order valence-electron chi connectivity index (χ2n) is 8.97. The van der Waals surface area contributed by atoms with Crippen molar-refractivity contribution in [3.05, 3.63) is 132 Å². The predicted molar refractivity (Wildman–Crippen MR) is 155 cm³/mol. The van der Waals surface area contributed by atoms with E-state index in [1.165, 1.54) is 28.2 Å². The van der Waals surface area contributed by atoms with Crippen molar-refractivity contribution in [2.75, 3.05) is 0 Å². The number of carboxylic acids is 1. The fourth-order valence-corrected chi connectivity index (χ4v) is 8.86. The number of nitrogens with zero attached hydrogens (tertiary/aromatic N) is 2. The lowest BCUT2D eigenvalue weighted by atomic mass is 10.2. The van der Waals surface area contributed by atoms with E-state index in [2.05, 4.69) is 94.9 Å². The largest absolute Gasteiger partial charge is 0.542 e. The van der Waals surface area contributed by atoms with Gasteiger partial charge in [-0.25, -0.2) is 8.96 Å². The molecule has 0 amide bonds. The Labute approximate surface area is 239 Å². The number of carbonyl (C=O) groups excluding carboxylic acids is 1. The second kappa shape index (κ2) is 12.6. The summed E-state index contributed by atoms with van der Waals surface area (Å²) in [5, 5.41) is 11.1. The van der Waals surface area contributed by atoms with Crippen molar-refractivity contribution in [2.24, 2.45) is 0 Å². The first-order chi connectivity index (χ1) is 19.5. The van der Waals surface area contributed by atoms with Crippen molar-refractivity contribution in [3.63, 3.8) is 0 Å². The Hall–Kier alpha value is -4.07. The van der Waals surface area contributed by atoms with E-state index in [1.54, 1.807) is 12.1 Å². The zero-order valence-electron chi connectivity index (χ0n) is 21.8. The van der Waals surface area contributed by atoms with Crippen molar-refractivity contribution in [3.8, 4) is 0 Å². The van der Waals surface area contributed by atoms with Gasteiger partial charge in [-0.15, -0.1) is 0 Å². The lowest BCUT2D eigenvalue weighted by molar-refractivity contribution is -0.490. The molecule has 2 aromatic heterocycles. The van der Waals surface area contributed by atoms with Crippen LogP contribution < -0.4 is 25.6 Å². The third kappa shape index (κ3) is 6.64. The van der Waals surface area contributed by atoms with E-state index >= 15 is 0 Å². The van der Waals surface area contributed by atoms with Crippen molar-refractivity contribution in [2.45, 2.75) is 19.6 Å². The fraction of sp³-hybridized carbons (Fsp3) is 0.0968. The Morgan fingerprint density at radius 3 is 1.93 bits per heavy atom. The van der Waals surface area contributed by atoms with Crippen LogP contribution in [0.2, 0.25) is 0 Å². The van der Waals surface area contributed by atoms with Crippen LogP contribution in [0.15, 0.2) is 115 Å². The third-order valence-electron chi connectivity index (χ3n) is 6.31. The number of rotatable bonds is 6. The molecule has 2 heterocycles. The molecular weight excluding hydrogens is 571 g/mol. The number of allylic oxidation sites excluding steroid dienone is 1. The molecule has 41 heavy (non-hydrogen) atoms. The smallest absolute Gasteiger partial charge is 0.430 e. The zero-order chi connectivity index (χ0) is 29.6. The Balaban J connectivity index is 0.000000493. The van der Waals surface area contributed by atoms with E-state index in [9.17, 15) is 17.6 Å². The summed E-state index contributed by atoms with van der Waals surface area (Å²) in [6.45, 7) is 2.86. The highest BCUT2D eigenvalue weighted by atomic mass is 32.4. The maximum Gasteiger partial charge on any atom is 0.430 e. The topological polar surface area (TPSA) is 49.2 Å². The van der Waals surface area contributed by atoms with Crippen molar-refractivity contribution >= 4 is 51.6 Å². The molecule has 3 aromatic carbocycles. The van der Waals surface area contributed by atoms with E-state index in [0.717, 1.165) is 16.9 Å². The van der Waals surface area contributed by atoms with Crippen LogP contribution >= 0.6 is 6.04 Å². The van der Waals surface area contributed by atoms with Gasteiger partial charge in [0.05, 0.1) is 12.2 Å². The number of halogens is 4. The number of pyridine rings is 1. The molecule has 0 unspecified atom stereocenters. The van der Waals surface area contributed by atoms with Gasteiger partial charge >= 0.3 is 6.18 Å². The van der Waals surface area contributed by atoms with Gasteiger partial charge in [-0.1, -0.05) is 96.7 Å². The molecule has 0 radical (unpaired) electrons. The molecule has 0 saturated heterocycles. The number of hydrogen-bond donors (Lipinski definition) is 0. The highest BCUT2D eigenvalue weighted by Gasteiger charge is 2.36. The number of aliphatic carboxylic acids is 1. The first-order valence-corrected chi connectivity index (χ1v) is 15.3. The van der Waals surface area contributed by atoms with Gasteiger partial charge < -0.3 is 9.90 Å². The summed E-state index contributed by atoms with van der Waals surface area (Å²) in [6, 6.07) is 31.5. The molecule has 0 bridgehead atoms. The number of carboxylic acid groups (broad SMARTS) is 1. The first kappa shape index (κ1) is 29.9. The second-order valence-corrected chi connectivity index (χ2v) is 13.3. The molecule has 5 rings (SSSR count). The predicted octanol–water partition coefficient (Wildman–Crippen LogP) is 4.44. The molecule has 5 aromatic rings. The average Bonchev–Trinajstić information content (AvgIpc) is 3.26. The van der Waals surface area contributed by atoms with Crippen LogP contribution in [0.25, 0.3) is 11.7 Å². The van der Waals surface area contributed by atoms with Crippen LogP contribution in [0.3, 0.4) is 0 Å². The van der Waals surface area contributed by atoms with Crippen LogP contribution in [0.4, 0.5) is 17.6 Å². The van der Waals surface area contributed by atoms with E-state index in [1.807, 2.05) is 18.2 Å². The molecule has 4 nitrogen and oxygen atoms in total. The van der Waals surface area contributed by atoms with Gasteiger partial charge in [0.2, 0.25) is 0 Å². The summed E-state index contributed by atoms with van der Waals surface area (Å²) in [5.74, 6) is -3.23. The Morgan fingerprint density at radius 1 is 0.902 bits per heavy atom. The molecule has 0 aliphatic carbocycles. The maximum atomic E-state index is 13.3. The molecule has 210 valence electrons. The Bertz CT molecular complexity index is 1680. The summed E-state index contributed by atoms with van der Waals surface area (Å²) < 4.78 is 49.4. The molecule has 0 aliphatic heterocycles. The molecule has 0 atom stereocenters. The Kier molecular flexibility index (Phi) is 9.21. The standard InChI is InChI=1S/C29H25FN2PS.C2HF3O2/c1-23-29(33(34,26-12-4-2-5-13-26)27-14-6-3-7-15-27)32-21-9-8-16-28(32)31(23)22-10-11-24-17-19-25(30)20-18-24;3-2(4,5)1(6)7/h2-21H,22H2,1H3;(H,6,7)/q+1;/p-1/b11-10+;. The SMILES string of the molecule is Cc1c(P(=S)(c2ccccc2)c2ccccc2)[n+]2ccccc2n1C/C=C/c1ccc(F)cc1.O=C([O-])C(F)(F)F. The van der Waals surface area contributed by atoms with Gasteiger partial charge in [0.15, 0.2) is 5.44 Å². The van der Waals surface area contributed by atoms with Crippen LogP contribution in [0.1, 0.15) is 11.3 Å². The summed E-state index contributed by atoms with van der Waals surface area (Å²) >= 11 is 6.65. The molecule has 10 heteroatoms. The van der Waals surface area contributed by atoms with Gasteiger partial charge in [-0.3, -0.25) is 0 Å². The highest BCUT2D eigenvalue weighted by Crippen LogP contribution is 2.42. The van der Waals surface area contributed by atoms with Gasteiger partial charge in [0.25, 0.3) is 5.65 Å². The summed E-state index contributed by atoms with van der Waals surface area (Å²) in [4.78, 5) is 8.78. The number of hydrogen-bond acceptors (Lipinski definition) is 3. The van der Waals surface area contributed by atoms with Crippen molar-refractivity contribution < 1.29 is 31.9 Å². The van der Waals surface area contributed by atoms with Gasteiger partial charge in [0, 0.05) is 13.0 Å². The number of benzene rings is 3. The quantitative estimate of drug-likeness (QED) is 0.166. The van der Waals surface area contributed by atoms with E-state index in [0.29, 0.717) is 6.54 Å². The van der Waals surface area contributed by atoms with E-state index < -0.39 is 18.2 Å². The fourth-order valence-electron chi connectivity index (χ4n) is 4.45. The highest BCUT2D eigenvalue weighted by molar-refractivity contribution is 8.25. The third-order valence-corrected chi connectivity index (χ3v) is 11.3. The van der Waals surface area contributed by atoms with E-state index in [4.69, 9.17) is 21.7 Å². The lowest BCUT2D eigenvalue weighted by Gasteiger charge is -2.21. The summed E-state index contributed by atoms with van der Waals surface area (Å²) in [6.07, 6.45) is 1.07. The van der Waals surface area contributed by atoms with Crippen LogP contribution in [0, 0.1) is 12.7 Å². The normalized spacial score (nSPS) is 11.8. The number of alkyl halides is 3. The van der Waals surface area contributed by atoms with Crippen LogP contribution in [-0.4, -0.2) is 16.7 Å². The molecule has 0 fully saturated rings. The van der Waals surface area contributed by atoms with Crippen LogP contribution in [-0.2, 0) is 23.1 Å². The number of imidazole rings is 1. The monoisotopic (exact) mass is 596 g/mol. The van der Waals surface area contributed by atoms with Gasteiger partial charge in [-0.2, -0.15) is 17.6 Å². The maximum absolute atomic E-state index is 13.3. The number of fused-ring (bicyclic) bond motifs is 1. The van der Waals surface area contributed by atoms with Crippen molar-refractivity contribution in [1.82, 2.24) is 4.57 Å². The molecular formula is C31H25F4N2O2PS. The minimum Gasteiger partial charge on any atom is -0.542 e. The number of carbonyl (C=O) groups is 1. The molecule has 0 saturated carbocycles.